The lowest BCUT2D eigenvalue weighted by Gasteiger charge is -2.23. The van der Waals surface area contributed by atoms with Crippen LogP contribution >= 0.6 is 11.3 Å². The molecular formula is C24H25N3O4S2. The highest BCUT2D eigenvalue weighted by Crippen LogP contribution is 2.26. The van der Waals surface area contributed by atoms with Crippen molar-refractivity contribution in [2.45, 2.75) is 37.6 Å². The minimum atomic E-state index is -3.78. The van der Waals surface area contributed by atoms with Crippen LogP contribution in [0.4, 0.5) is 11.4 Å². The summed E-state index contributed by atoms with van der Waals surface area (Å²) >= 11 is 1.36. The number of nitrogens with one attached hydrogen (secondary N) is 2. The molecule has 7 nitrogen and oxygen atoms in total. The Morgan fingerprint density at radius 2 is 1.70 bits per heavy atom. The molecule has 0 radical (unpaired) electrons. The van der Waals surface area contributed by atoms with Crippen LogP contribution in [-0.4, -0.2) is 37.7 Å². The maximum Gasteiger partial charge on any atom is 0.264 e. The van der Waals surface area contributed by atoms with Crippen molar-refractivity contribution in [1.82, 2.24) is 4.90 Å². The van der Waals surface area contributed by atoms with Gasteiger partial charge in [0.1, 0.15) is 6.04 Å². The minimum absolute atomic E-state index is 0.0959. The van der Waals surface area contributed by atoms with E-state index in [9.17, 15) is 18.0 Å². The maximum absolute atomic E-state index is 12.9. The van der Waals surface area contributed by atoms with Crippen molar-refractivity contribution in [2.24, 2.45) is 0 Å². The number of anilines is 2. The fourth-order valence-electron chi connectivity index (χ4n) is 3.94. The van der Waals surface area contributed by atoms with E-state index in [-0.39, 0.29) is 16.7 Å². The smallest absolute Gasteiger partial charge is 0.264 e. The molecule has 2 amide bonds. The summed E-state index contributed by atoms with van der Waals surface area (Å²) in [6.07, 6.45) is 1.35. The van der Waals surface area contributed by atoms with Crippen LogP contribution in [-0.2, 0) is 14.8 Å². The van der Waals surface area contributed by atoms with Gasteiger partial charge in [-0.3, -0.25) is 14.3 Å². The lowest BCUT2D eigenvalue weighted by molar-refractivity contribution is -0.119. The van der Waals surface area contributed by atoms with E-state index in [1.54, 1.807) is 23.1 Å². The topological polar surface area (TPSA) is 95.6 Å². The highest BCUT2D eigenvalue weighted by Gasteiger charge is 2.35. The highest BCUT2D eigenvalue weighted by molar-refractivity contribution is 7.92. The molecule has 2 aromatic carbocycles. The zero-order valence-electron chi connectivity index (χ0n) is 18.4. The number of para-hydroxylation sites is 1. The van der Waals surface area contributed by atoms with E-state index >= 15 is 0 Å². The van der Waals surface area contributed by atoms with Crippen molar-refractivity contribution in [3.05, 3.63) is 76.0 Å². The Balaban J connectivity index is 1.45. The normalized spacial score (nSPS) is 15.9. The summed E-state index contributed by atoms with van der Waals surface area (Å²) in [5.41, 5.74) is 2.70. The van der Waals surface area contributed by atoms with Crippen LogP contribution in [0.1, 0.15) is 33.6 Å². The summed E-state index contributed by atoms with van der Waals surface area (Å²) in [5.74, 6) is -0.414. The van der Waals surface area contributed by atoms with E-state index in [0.717, 1.165) is 17.5 Å². The molecule has 0 saturated carbocycles. The Hall–Kier alpha value is -3.17. The lowest BCUT2D eigenvalue weighted by atomic mass is 10.1. The molecule has 0 bridgehead atoms. The summed E-state index contributed by atoms with van der Waals surface area (Å²) in [6, 6.07) is 14.6. The number of hydrogen-bond acceptors (Lipinski definition) is 5. The van der Waals surface area contributed by atoms with Gasteiger partial charge in [0.25, 0.3) is 15.9 Å². The van der Waals surface area contributed by atoms with Gasteiger partial charge in [0.15, 0.2) is 0 Å². The molecule has 2 N–H and O–H groups in total. The zero-order valence-corrected chi connectivity index (χ0v) is 20.0. The van der Waals surface area contributed by atoms with E-state index in [2.05, 4.69) is 10.0 Å². The molecule has 0 aliphatic carbocycles. The molecule has 0 spiro atoms. The number of carbonyl (C=O) groups is 2. The number of likely N-dealkylation sites (tertiary alicyclic amines) is 1. The SMILES string of the molecule is Cc1cccc(C)c1NS(=O)(=O)c1ccc(NC(=O)[C@@H]2CCCN2C(=O)c2cccs2)cc1. The van der Waals surface area contributed by atoms with Gasteiger partial charge >= 0.3 is 0 Å². The monoisotopic (exact) mass is 483 g/mol. The van der Waals surface area contributed by atoms with Crippen molar-refractivity contribution in [1.29, 1.82) is 0 Å². The third kappa shape index (κ3) is 4.94. The largest absolute Gasteiger partial charge is 0.326 e. The fraction of sp³-hybridized carbons (Fsp3) is 0.250. The standard InChI is InChI=1S/C24H25N3O4S2/c1-16-6-3-7-17(2)22(16)26-33(30,31)19-12-10-18(11-13-19)25-23(28)20-8-4-14-27(20)24(29)21-9-5-15-32-21/h3,5-7,9-13,15,20,26H,4,8,14H2,1-2H3,(H,25,28)/t20-/m0/s1. The number of sulfonamides is 1. The van der Waals surface area contributed by atoms with Gasteiger partial charge in [-0.2, -0.15) is 0 Å². The molecule has 1 atom stereocenters. The molecule has 0 unspecified atom stereocenters. The molecule has 1 fully saturated rings. The predicted octanol–water partition coefficient (Wildman–Crippen LogP) is 4.41. The van der Waals surface area contributed by atoms with Crippen LogP contribution in [0, 0.1) is 13.8 Å². The molecule has 4 rings (SSSR count). The van der Waals surface area contributed by atoms with Crippen LogP contribution in [0.5, 0.6) is 0 Å². The van der Waals surface area contributed by atoms with Gasteiger partial charge in [-0.1, -0.05) is 24.3 Å². The van der Waals surface area contributed by atoms with Crippen molar-refractivity contribution in [3.8, 4) is 0 Å². The number of rotatable bonds is 6. The van der Waals surface area contributed by atoms with Crippen LogP contribution < -0.4 is 10.0 Å². The van der Waals surface area contributed by atoms with E-state index in [1.165, 1.54) is 23.5 Å². The maximum atomic E-state index is 12.9. The summed E-state index contributed by atoms with van der Waals surface area (Å²) in [4.78, 5) is 27.9. The first-order chi connectivity index (χ1) is 15.8. The molecule has 3 aromatic rings. The predicted molar refractivity (Wildman–Crippen MR) is 130 cm³/mol. The summed E-state index contributed by atoms with van der Waals surface area (Å²) in [6.45, 7) is 4.23. The van der Waals surface area contributed by atoms with E-state index in [4.69, 9.17) is 0 Å². The number of nitrogens with zero attached hydrogens (tertiary/aromatic N) is 1. The second-order valence-electron chi connectivity index (χ2n) is 8.02. The second kappa shape index (κ2) is 9.36. The highest BCUT2D eigenvalue weighted by atomic mass is 32.2. The van der Waals surface area contributed by atoms with E-state index < -0.39 is 16.1 Å². The minimum Gasteiger partial charge on any atom is -0.326 e. The molecule has 9 heteroatoms. The third-order valence-electron chi connectivity index (χ3n) is 5.70. The third-order valence-corrected chi connectivity index (χ3v) is 7.92. The van der Waals surface area contributed by atoms with Crippen LogP contribution in [0.25, 0.3) is 0 Å². The summed E-state index contributed by atoms with van der Waals surface area (Å²) in [7, 11) is -3.78. The number of aryl methyl sites for hydroxylation is 2. The van der Waals surface area contributed by atoms with E-state index in [1.807, 2.05) is 43.5 Å². The van der Waals surface area contributed by atoms with Crippen molar-refractivity contribution < 1.29 is 18.0 Å². The average molecular weight is 484 g/mol. The lowest BCUT2D eigenvalue weighted by Crippen LogP contribution is -2.42. The molecule has 2 heterocycles. The van der Waals surface area contributed by atoms with Crippen molar-refractivity contribution in [2.75, 3.05) is 16.6 Å². The van der Waals surface area contributed by atoms with Gasteiger partial charge in [-0.05, 0) is 73.5 Å². The molecular weight excluding hydrogens is 458 g/mol. The first-order valence-corrected chi connectivity index (χ1v) is 13.0. The Morgan fingerprint density at radius 3 is 2.33 bits per heavy atom. The van der Waals surface area contributed by atoms with Crippen molar-refractivity contribution in [3.63, 3.8) is 0 Å². The molecule has 1 aromatic heterocycles. The number of amides is 2. The number of carbonyl (C=O) groups excluding carboxylic acids is 2. The van der Waals surface area contributed by atoms with Crippen LogP contribution in [0.3, 0.4) is 0 Å². The van der Waals surface area contributed by atoms with E-state index in [0.29, 0.717) is 29.2 Å². The van der Waals surface area contributed by atoms with Crippen LogP contribution in [0.15, 0.2) is 64.9 Å². The summed E-state index contributed by atoms with van der Waals surface area (Å²) < 4.78 is 28.3. The van der Waals surface area contributed by atoms with Gasteiger partial charge in [-0.25, -0.2) is 8.42 Å². The van der Waals surface area contributed by atoms with Crippen LogP contribution in [0.2, 0.25) is 0 Å². The molecule has 33 heavy (non-hydrogen) atoms. The second-order valence-corrected chi connectivity index (χ2v) is 10.6. The first-order valence-electron chi connectivity index (χ1n) is 10.6. The Labute approximate surface area is 197 Å². The number of hydrogen-bond donors (Lipinski definition) is 2. The van der Waals surface area contributed by atoms with Gasteiger partial charge in [-0.15, -0.1) is 11.3 Å². The van der Waals surface area contributed by atoms with Crippen molar-refractivity contribution >= 4 is 44.5 Å². The van der Waals surface area contributed by atoms with Gasteiger partial charge in [0.2, 0.25) is 5.91 Å². The summed E-state index contributed by atoms with van der Waals surface area (Å²) in [5, 5.41) is 4.65. The molecule has 1 saturated heterocycles. The quantitative estimate of drug-likeness (QED) is 0.543. The Bertz CT molecular complexity index is 1250. The first kappa shape index (κ1) is 23.0. The van der Waals surface area contributed by atoms with Gasteiger partial charge in [0, 0.05) is 12.2 Å². The Morgan fingerprint density at radius 1 is 1.00 bits per heavy atom. The fourth-order valence-corrected chi connectivity index (χ4v) is 5.82. The molecule has 172 valence electrons. The van der Waals surface area contributed by atoms with Gasteiger partial charge in [0.05, 0.1) is 15.5 Å². The zero-order chi connectivity index (χ0) is 23.6. The Kier molecular flexibility index (Phi) is 6.53. The molecule has 1 aliphatic heterocycles. The number of thiophene rings is 1. The molecule has 1 aliphatic rings. The number of benzene rings is 2. The average Bonchev–Trinajstić information content (AvgIpc) is 3.49. The van der Waals surface area contributed by atoms with Gasteiger partial charge < -0.3 is 10.2 Å².